The predicted octanol–water partition coefficient (Wildman–Crippen LogP) is 3.63. The van der Waals surface area contributed by atoms with Crippen molar-refractivity contribution in [1.82, 2.24) is 4.57 Å². The number of ether oxygens (including phenoxy) is 6. The number of methoxy groups -OCH3 is 3. The first kappa shape index (κ1) is 30.9. The molecule has 0 saturated carbocycles. The van der Waals surface area contributed by atoms with Crippen molar-refractivity contribution in [3.05, 3.63) is 78.5 Å². The van der Waals surface area contributed by atoms with E-state index in [2.05, 4.69) is 4.99 Å². The van der Waals surface area contributed by atoms with E-state index in [4.69, 9.17) is 28.4 Å². The van der Waals surface area contributed by atoms with Crippen molar-refractivity contribution in [3.63, 3.8) is 0 Å². The Bertz CT molecular complexity index is 1640. The lowest BCUT2D eigenvalue weighted by Gasteiger charge is -2.27. The Labute approximate surface area is 248 Å². The number of aromatic nitrogens is 1. The Balaban J connectivity index is 1.97. The normalized spacial score (nSPS) is 14.7. The summed E-state index contributed by atoms with van der Waals surface area (Å²) in [5, 5.41) is 0. The molecule has 0 radical (unpaired) electrons. The number of benzene rings is 2. The number of thiazole rings is 1. The summed E-state index contributed by atoms with van der Waals surface area (Å²) < 4.78 is 35.6. The summed E-state index contributed by atoms with van der Waals surface area (Å²) in [6.07, 6.45) is 2.57. The Morgan fingerprint density at radius 2 is 1.69 bits per heavy atom. The molecule has 4 rings (SSSR count). The first-order valence-electron chi connectivity index (χ1n) is 13.7. The van der Waals surface area contributed by atoms with E-state index in [0.717, 1.165) is 6.42 Å². The number of allylic oxidation sites excluding steroid dienone is 1. The zero-order valence-corrected chi connectivity index (χ0v) is 25.5. The summed E-state index contributed by atoms with van der Waals surface area (Å²) in [6, 6.07) is 10.0. The van der Waals surface area contributed by atoms with Gasteiger partial charge in [-0.2, -0.15) is 0 Å². The number of esters is 1. The highest BCUT2D eigenvalue weighted by atomic mass is 32.1. The average Bonchev–Trinajstić information content (AvgIpc) is 3.29. The molecule has 0 spiro atoms. The number of nitrogens with zero attached hydrogens (tertiary/aromatic N) is 2. The van der Waals surface area contributed by atoms with Gasteiger partial charge in [0, 0.05) is 18.2 Å². The first-order chi connectivity index (χ1) is 20.4. The van der Waals surface area contributed by atoms with Crippen LogP contribution in [0, 0.1) is 0 Å². The molecule has 0 saturated heterocycles. The van der Waals surface area contributed by atoms with Gasteiger partial charge in [0.15, 0.2) is 27.8 Å². The molecule has 1 aliphatic heterocycles. The molecule has 1 atom stereocenters. The van der Waals surface area contributed by atoms with Crippen LogP contribution in [0.2, 0.25) is 0 Å². The second kappa shape index (κ2) is 14.2. The molecule has 1 aliphatic rings. The molecule has 0 amide bonds. The second-order valence-corrected chi connectivity index (χ2v) is 10.3. The minimum Gasteiger partial charge on any atom is -0.493 e. The Kier molecular flexibility index (Phi) is 10.4. The number of fused-ring (bicyclic) bond motifs is 1. The summed E-state index contributed by atoms with van der Waals surface area (Å²) in [4.78, 5) is 32.8. The van der Waals surface area contributed by atoms with Crippen LogP contribution < -0.4 is 33.8 Å². The smallest absolute Gasteiger partial charge is 0.338 e. The molecule has 10 nitrogen and oxygen atoms in total. The molecule has 3 aromatic rings. The third-order valence-electron chi connectivity index (χ3n) is 6.54. The van der Waals surface area contributed by atoms with Crippen molar-refractivity contribution in [2.45, 2.75) is 33.2 Å². The minimum atomic E-state index is -0.879. The molecule has 11 heteroatoms. The number of rotatable bonds is 13. The summed E-state index contributed by atoms with van der Waals surface area (Å²) in [7, 11) is 4.64. The molecule has 0 bridgehead atoms. The van der Waals surface area contributed by atoms with Crippen LogP contribution in [0.15, 0.2) is 57.5 Å². The van der Waals surface area contributed by atoms with Gasteiger partial charge in [-0.15, -0.1) is 0 Å². The zero-order chi connectivity index (χ0) is 30.2. The van der Waals surface area contributed by atoms with Gasteiger partial charge in [-0.05, 0) is 38.5 Å². The van der Waals surface area contributed by atoms with E-state index in [9.17, 15) is 9.59 Å². The van der Waals surface area contributed by atoms with Crippen molar-refractivity contribution in [2.24, 2.45) is 4.99 Å². The van der Waals surface area contributed by atoms with E-state index in [1.165, 1.54) is 23.0 Å². The SMILES string of the molecule is CCCOc1c(/C=c2/sc3n(c2=O)[C@@H](c2cccc(OC)c2OCC)C(C(=O)OCCOC)=C(C)N=3)cccc1OC. The van der Waals surface area contributed by atoms with Crippen LogP contribution in [0.4, 0.5) is 0 Å². The summed E-state index contributed by atoms with van der Waals surface area (Å²) >= 11 is 1.22. The lowest BCUT2D eigenvalue weighted by molar-refractivity contribution is -0.140. The predicted molar refractivity (Wildman–Crippen MR) is 160 cm³/mol. The van der Waals surface area contributed by atoms with Crippen LogP contribution in [-0.4, -0.2) is 58.3 Å². The van der Waals surface area contributed by atoms with Crippen LogP contribution in [0.3, 0.4) is 0 Å². The van der Waals surface area contributed by atoms with Crippen LogP contribution in [-0.2, 0) is 14.3 Å². The van der Waals surface area contributed by atoms with Gasteiger partial charge in [-0.25, -0.2) is 9.79 Å². The fourth-order valence-electron chi connectivity index (χ4n) is 4.69. The Hall–Kier alpha value is -4.09. The lowest BCUT2D eigenvalue weighted by Crippen LogP contribution is -2.40. The summed E-state index contributed by atoms with van der Waals surface area (Å²) in [5.74, 6) is 1.43. The monoisotopic (exact) mass is 596 g/mol. The fourth-order valence-corrected chi connectivity index (χ4v) is 5.72. The van der Waals surface area contributed by atoms with Crippen LogP contribution in [0.5, 0.6) is 23.0 Å². The quantitative estimate of drug-likeness (QED) is 0.218. The number of hydrogen-bond donors (Lipinski definition) is 0. The molecular weight excluding hydrogens is 560 g/mol. The molecule has 1 aromatic heterocycles. The maximum Gasteiger partial charge on any atom is 0.338 e. The van der Waals surface area contributed by atoms with Gasteiger partial charge in [-0.1, -0.05) is 42.5 Å². The molecule has 2 heterocycles. The van der Waals surface area contributed by atoms with Gasteiger partial charge in [0.2, 0.25) is 0 Å². The van der Waals surface area contributed by atoms with Gasteiger partial charge in [0.1, 0.15) is 12.6 Å². The van der Waals surface area contributed by atoms with E-state index in [1.807, 2.05) is 38.1 Å². The summed E-state index contributed by atoms with van der Waals surface area (Å²) in [6.45, 7) is 6.73. The van der Waals surface area contributed by atoms with Crippen LogP contribution >= 0.6 is 11.3 Å². The highest BCUT2D eigenvalue weighted by molar-refractivity contribution is 7.07. The third kappa shape index (κ3) is 6.22. The van der Waals surface area contributed by atoms with Crippen LogP contribution in [0.1, 0.15) is 44.4 Å². The highest BCUT2D eigenvalue weighted by Gasteiger charge is 2.36. The van der Waals surface area contributed by atoms with Gasteiger partial charge in [0.25, 0.3) is 5.56 Å². The van der Waals surface area contributed by atoms with Crippen molar-refractivity contribution >= 4 is 23.4 Å². The maximum atomic E-state index is 14.2. The topological polar surface area (TPSA) is 107 Å². The van der Waals surface area contributed by atoms with E-state index in [-0.39, 0.29) is 24.3 Å². The fraction of sp³-hybridized carbons (Fsp3) is 0.387. The van der Waals surface area contributed by atoms with Crippen molar-refractivity contribution in [3.8, 4) is 23.0 Å². The summed E-state index contributed by atoms with van der Waals surface area (Å²) in [5.41, 5.74) is 1.61. The molecule has 42 heavy (non-hydrogen) atoms. The molecular formula is C31H36N2O8S. The van der Waals surface area contributed by atoms with Gasteiger partial charge < -0.3 is 28.4 Å². The van der Waals surface area contributed by atoms with E-state index < -0.39 is 12.0 Å². The maximum absolute atomic E-state index is 14.2. The molecule has 224 valence electrons. The Morgan fingerprint density at radius 3 is 2.36 bits per heavy atom. The first-order valence-corrected chi connectivity index (χ1v) is 14.5. The molecule has 2 aromatic carbocycles. The van der Waals surface area contributed by atoms with Crippen LogP contribution in [0.25, 0.3) is 6.08 Å². The van der Waals surface area contributed by atoms with E-state index in [1.54, 1.807) is 39.4 Å². The molecule has 0 unspecified atom stereocenters. The van der Waals surface area contributed by atoms with Crippen molar-refractivity contribution < 1.29 is 33.2 Å². The van der Waals surface area contributed by atoms with Crippen molar-refractivity contribution in [2.75, 3.05) is 47.8 Å². The molecule has 0 fully saturated rings. The zero-order valence-electron chi connectivity index (χ0n) is 24.7. The third-order valence-corrected chi connectivity index (χ3v) is 7.52. The van der Waals surface area contributed by atoms with E-state index in [0.29, 0.717) is 62.4 Å². The van der Waals surface area contributed by atoms with Gasteiger partial charge in [-0.3, -0.25) is 9.36 Å². The molecule has 0 N–H and O–H groups in total. The standard InChI is InChI=1S/C31H36N2O8S/c1-7-15-40-27-20(11-9-13-22(27)37-5)18-24-29(34)33-26(21-12-10-14-23(38-6)28(21)39-8-2)25(19(3)32-31(33)42-24)30(35)41-17-16-36-4/h9-14,18,26H,7-8,15-17H2,1-6H3/b24-18+/t26-/m0/s1. The second-order valence-electron chi connectivity index (χ2n) is 9.25. The number of hydrogen-bond acceptors (Lipinski definition) is 10. The minimum absolute atomic E-state index is 0.0516. The lowest BCUT2D eigenvalue weighted by atomic mass is 9.94. The number of carbonyl (C=O) groups excluding carboxylic acids is 1. The Morgan fingerprint density at radius 1 is 0.976 bits per heavy atom. The number of carbonyl (C=O) groups is 1. The number of para-hydroxylation sites is 2. The average molecular weight is 597 g/mol. The van der Waals surface area contributed by atoms with Gasteiger partial charge >= 0.3 is 5.97 Å². The van der Waals surface area contributed by atoms with Crippen molar-refractivity contribution in [1.29, 1.82) is 0 Å². The molecule has 0 aliphatic carbocycles. The largest absolute Gasteiger partial charge is 0.493 e. The van der Waals surface area contributed by atoms with Gasteiger partial charge in [0.05, 0.1) is 49.8 Å². The van der Waals surface area contributed by atoms with E-state index >= 15 is 0 Å². The highest BCUT2D eigenvalue weighted by Crippen LogP contribution is 2.41.